The first-order valence-corrected chi connectivity index (χ1v) is 8.67. The molecule has 2 aromatic rings. The van der Waals surface area contributed by atoms with Gasteiger partial charge in [0.25, 0.3) is 0 Å². The fourth-order valence-electron chi connectivity index (χ4n) is 2.87. The van der Waals surface area contributed by atoms with E-state index in [0.717, 1.165) is 24.4 Å². The highest BCUT2D eigenvalue weighted by molar-refractivity contribution is 5.97. The average Bonchev–Trinajstić information content (AvgIpc) is 2.68. The van der Waals surface area contributed by atoms with E-state index in [1.807, 2.05) is 31.2 Å². The summed E-state index contributed by atoms with van der Waals surface area (Å²) in [5.41, 5.74) is 2.38. The lowest BCUT2D eigenvalue weighted by molar-refractivity contribution is 0.0525. The van der Waals surface area contributed by atoms with E-state index in [0.29, 0.717) is 42.7 Å². The number of morpholine rings is 1. The molecule has 0 spiro atoms. The molecule has 0 atom stereocenters. The lowest BCUT2D eigenvalue weighted by Gasteiger charge is -2.27. The third-order valence-corrected chi connectivity index (χ3v) is 4.22. The zero-order valence-corrected chi connectivity index (χ0v) is 15.3. The zero-order chi connectivity index (χ0) is 18.5. The number of carbonyl (C=O) groups is 1. The summed E-state index contributed by atoms with van der Waals surface area (Å²) in [5, 5.41) is 0. The van der Waals surface area contributed by atoms with Crippen LogP contribution in [0, 0.1) is 6.92 Å². The molecule has 0 amide bonds. The third kappa shape index (κ3) is 3.77. The molecule has 2 heterocycles. The number of methoxy groups -OCH3 is 1. The van der Waals surface area contributed by atoms with Gasteiger partial charge in [-0.1, -0.05) is 0 Å². The highest BCUT2D eigenvalue weighted by Gasteiger charge is 2.23. The second kappa shape index (κ2) is 8.14. The Labute approximate surface area is 152 Å². The van der Waals surface area contributed by atoms with Crippen molar-refractivity contribution in [3.63, 3.8) is 0 Å². The van der Waals surface area contributed by atoms with E-state index in [9.17, 15) is 4.79 Å². The van der Waals surface area contributed by atoms with Crippen molar-refractivity contribution in [1.82, 2.24) is 9.97 Å². The maximum atomic E-state index is 12.5. The second-order valence-electron chi connectivity index (χ2n) is 5.88. The molecule has 1 aliphatic heterocycles. The average molecular weight is 357 g/mol. The molecule has 7 nitrogen and oxygen atoms in total. The fraction of sp³-hybridized carbons (Fsp3) is 0.421. The van der Waals surface area contributed by atoms with E-state index in [-0.39, 0.29) is 0 Å². The van der Waals surface area contributed by atoms with Gasteiger partial charge in [-0.05, 0) is 38.1 Å². The Kier molecular flexibility index (Phi) is 5.68. The van der Waals surface area contributed by atoms with Crippen molar-refractivity contribution < 1.29 is 19.0 Å². The van der Waals surface area contributed by atoms with Crippen molar-refractivity contribution in [2.75, 3.05) is 44.9 Å². The zero-order valence-electron chi connectivity index (χ0n) is 15.3. The van der Waals surface area contributed by atoms with Crippen LogP contribution in [0.3, 0.4) is 0 Å². The minimum absolute atomic E-state index is 0.297. The topological polar surface area (TPSA) is 73.8 Å². The number of aryl methyl sites for hydroxylation is 1. The Morgan fingerprint density at radius 2 is 1.88 bits per heavy atom. The minimum atomic E-state index is -0.413. The van der Waals surface area contributed by atoms with Gasteiger partial charge in [0, 0.05) is 18.7 Å². The van der Waals surface area contributed by atoms with Gasteiger partial charge in [0.05, 0.1) is 38.3 Å². The number of nitrogens with zero attached hydrogens (tertiary/aromatic N) is 3. The molecule has 1 aromatic carbocycles. The summed E-state index contributed by atoms with van der Waals surface area (Å²) in [6, 6.07) is 7.45. The van der Waals surface area contributed by atoms with E-state index < -0.39 is 5.97 Å². The molecule has 0 unspecified atom stereocenters. The number of esters is 1. The first kappa shape index (κ1) is 18.1. The van der Waals surface area contributed by atoms with Crippen LogP contribution in [0.4, 0.5) is 5.95 Å². The van der Waals surface area contributed by atoms with Crippen LogP contribution in [0.5, 0.6) is 5.75 Å². The number of carbonyl (C=O) groups excluding carboxylic acids is 1. The molecule has 0 N–H and O–H groups in total. The summed E-state index contributed by atoms with van der Waals surface area (Å²) < 4.78 is 15.8. The molecular formula is C19H23N3O4. The van der Waals surface area contributed by atoms with E-state index >= 15 is 0 Å². The van der Waals surface area contributed by atoms with Gasteiger partial charge in [-0.25, -0.2) is 14.8 Å². The Morgan fingerprint density at radius 3 is 2.50 bits per heavy atom. The smallest absolute Gasteiger partial charge is 0.342 e. The Morgan fingerprint density at radius 1 is 1.19 bits per heavy atom. The monoisotopic (exact) mass is 357 g/mol. The van der Waals surface area contributed by atoms with Gasteiger partial charge in [-0.3, -0.25) is 0 Å². The lowest BCUT2D eigenvalue weighted by Crippen LogP contribution is -2.37. The molecule has 0 aliphatic carbocycles. The molecule has 1 aromatic heterocycles. The van der Waals surface area contributed by atoms with Gasteiger partial charge in [-0.15, -0.1) is 0 Å². The van der Waals surface area contributed by atoms with Crippen LogP contribution in [0.2, 0.25) is 0 Å². The summed E-state index contributed by atoms with van der Waals surface area (Å²) in [4.78, 5) is 23.8. The summed E-state index contributed by atoms with van der Waals surface area (Å²) in [6.07, 6.45) is 0. The highest BCUT2D eigenvalue weighted by atomic mass is 16.5. The van der Waals surface area contributed by atoms with Crippen molar-refractivity contribution in [2.24, 2.45) is 0 Å². The summed E-state index contributed by atoms with van der Waals surface area (Å²) in [7, 11) is 1.62. The molecule has 1 fully saturated rings. The molecule has 7 heteroatoms. The molecule has 0 saturated carbocycles. The third-order valence-electron chi connectivity index (χ3n) is 4.22. The van der Waals surface area contributed by atoms with Crippen molar-refractivity contribution in [3.05, 3.63) is 35.5 Å². The molecule has 0 bridgehead atoms. The summed E-state index contributed by atoms with van der Waals surface area (Å²) in [6.45, 7) is 6.61. The number of benzene rings is 1. The lowest BCUT2D eigenvalue weighted by atomic mass is 10.0. The minimum Gasteiger partial charge on any atom is -0.497 e. The number of aromatic nitrogens is 2. The number of hydrogen-bond donors (Lipinski definition) is 0. The standard InChI is InChI=1S/C19H23N3O4/c1-4-26-18(23)16-13(2)20-19(22-9-11-25-12-10-22)21-17(16)14-5-7-15(24-3)8-6-14/h5-8H,4,9-12H2,1-3H3. The molecule has 26 heavy (non-hydrogen) atoms. The highest BCUT2D eigenvalue weighted by Crippen LogP contribution is 2.28. The maximum Gasteiger partial charge on any atom is 0.342 e. The predicted molar refractivity (Wildman–Crippen MR) is 97.7 cm³/mol. The van der Waals surface area contributed by atoms with Gasteiger partial charge in [0.1, 0.15) is 11.3 Å². The second-order valence-corrected chi connectivity index (χ2v) is 5.88. The van der Waals surface area contributed by atoms with E-state index in [4.69, 9.17) is 19.2 Å². The van der Waals surface area contributed by atoms with Gasteiger partial charge >= 0.3 is 5.97 Å². The Balaban J connectivity index is 2.09. The number of rotatable bonds is 5. The van der Waals surface area contributed by atoms with Crippen molar-refractivity contribution >= 4 is 11.9 Å². The summed E-state index contributed by atoms with van der Waals surface area (Å²) in [5.74, 6) is 0.930. The first-order chi connectivity index (χ1) is 12.6. The van der Waals surface area contributed by atoms with Crippen LogP contribution in [0.25, 0.3) is 11.3 Å². The Hall–Kier alpha value is -2.67. The van der Waals surface area contributed by atoms with E-state index in [2.05, 4.69) is 9.88 Å². The molecule has 0 radical (unpaired) electrons. The SMILES string of the molecule is CCOC(=O)c1c(C)nc(N2CCOCC2)nc1-c1ccc(OC)cc1. The van der Waals surface area contributed by atoms with Crippen LogP contribution >= 0.6 is 0 Å². The van der Waals surface area contributed by atoms with E-state index in [1.165, 1.54) is 0 Å². The molecule has 3 rings (SSSR count). The maximum absolute atomic E-state index is 12.5. The van der Waals surface area contributed by atoms with Gasteiger partial charge in [0.15, 0.2) is 0 Å². The number of anilines is 1. The molecule has 138 valence electrons. The molecular weight excluding hydrogens is 334 g/mol. The van der Waals surface area contributed by atoms with Crippen molar-refractivity contribution in [2.45, 2.75) is 13.8 Å². The Bertz CT molecular complexity index is 771. The predicted octanol–water partition coefficient (Wildman–Crippen LogP) is 2.47. The van der Waals surface area contributed by atoms with Crippen molar-refractivity contribution in [3.8, 4) is 17.0 Å². The van der Waals surface area contributed by atoms with Crippen LogP contribution in [-0.4, -0.2) is 56.0 Å². The van der Waals surface area contributed by atoms with Crippen LogP contribution in [-0.2, 0) is 9.47 Å². The quantitative estimate of drug-likeness (QED) is 0.761. The van der Waals surface area contributed by atoms with Crippen LogP contribution in [0.15, 0.2) is 24.3 Å². The van der Waals surface area contributed by atoms with Crippen molar-refractivity contribution in [1.29, 1.82) is 0 Å². The number of ether oxygens (including phenoxy) is 3. The van der Waals surface area contributed by atoms with Gasteiger partial charge in [0.2, 0.25) is 5.95 Å². The normalized spacial score (nSPS) is 14.2. The van der Waals surface area contributed by atoms with E-state index in [1.54, 1.807) is 14.0 Å². The van der Waals surface area contributed by atoms with Crippen LogP contribution < -0.4 is 9.64 Å². The van der Waals surface area contributed by atoms with Gasteiger partial charge < -0.3 is 19.1 Å². The van der Waals surface area contributed by atoms with Crippen LogP contribution in [0.1, 0.15) is 23.0 Å². The first-order valence-electron chi connectivity index (χ1n) is 8.67. The van der Waals surface area contributed by atoms with Gasteiger partial charge in [-0.2, -0.15) is 0 Å². The summed E-state index contributed by atoms with van der Waals surface area (Å²) >= 11 is 0. The fourth-order valence-corrected chi connectivity index (χ4v) is 2.87. The largest absolute Gasteiger partial charge is 0.497 e. The molecule has 1 aliphatic rings. The number of hydrogen-bond acceptors (Lipinski definition) is 7. The molecule has 1 saturated heterocycles.